The molecule has 14 heavy (non-hydrogen) atoms. The van der Waals surface area contributed by atoms with Crippen molar-refractivity contribution < 1.29 is 0 Å². The molecule has 0 spiro atoms. The first kappa shape index (κ1) is 8.97. The molecule has 1 fully saturated rings. The van der Waals surface area contributed by atoms with E-state index in [-0.39, 0.29) is 6.04 Å². The summed E-state index contributed by atoms with van der Waals surface area (Å²) < 4.78 is 0. The van der Waals surface area contributed by atoms with Crippen LogP contribution >= 0.6 is 0 Å². The monoisotopic (exact) mass is 188 g/mol. The van der Waals surface area contributed by atoms with Gasteiger partial charge in [0, 0.05) is 25.3 Å². The van der Waals surface area contributed by atoms with Crippen LogP contribution in [0, 0.1) is 11.3 Å². The lowest BCUT2D eigenvalue weighted by atomic mass is 10.2. The van der Waals surface area contributed by atoms with Gasteiger partial charge in [0.25, 0.3) is 0 Å². The number of hydrogen-bond acceptors (Lipinski definition) is 4. The smallest absolute Gasteiger partial charge is 0.146 e. The predicted molar refractivity (Wildman–Crippen MR) is 53.8 cm³/mol. The van der Waals surface area contributed by atoms with E-state index in [9.17, 15) is 0 Å². The third-order valence-corrected chi connectivity index (χ3v) is 2.43. The maximum Gasteiger partial charge on any atom is 0.146 e. The predicted octanol–water partition coefficient (Wildman–Crippen LogP) is 0.491. The van der Waals surface area contributed by atoms with Crippen LogP contribution < -0.4 is 10.6 Å². The van der Waals surface area contributed by atoms with E-state index in [1.165, 1.54) is 0 Å². The van der Waals surface area contributed by atoms with Gasteiger partial charge in [-0.2, -0.15) is 5.26 Å². The lowest BCUT2D eigenvalue weighted by Crippen LogP contribution is -2.27. The van der Waals surface area contributed by atoms with E-state index in [0.29, 0.717) is 5.56 Å². The number of aromatic nitrogens is 1. The van der Waals surface area contributed by atoms with E-state index in [0.717, 1.165) is 25.3 Å². The zero-order chi connectivity index (χ0) is 9.97. The third kappa shape index (κ3) is 1.54. The first-order chi connectivity index (χ1) is 6.81. The summed E-state index contributed by atoms with van der Waals surface area (Å²) in [7, 11) is 0. The van der Waals surface area contributed by atoms with Crippen LogP contribution in [0.2, 0.25) is 0 Å². The van der Waals surface area contributed by atoms with Gasteiger partial charge in [-0.1, -0.05) is 0 Å². The van der Waals surface area contributed by atoms with Crippen LogP contribution in [0.3, 0.4) is 0 Å². The molecule has 0 radical (unpaired) electrons. The Kier molecular flexibility index (Phi) is 2.33. The Hall–Kier alpha value is -1.60. The molecule has 0 saturated carbocycles. The van der Waals surface area contributed by atoms with Crippen molar-refractivity contribution in [2.75, 3.05) is 18.0 Å². The molecule has 0 amide bonds. The van der Waals surface area contributed by atoms with Crippen LogP contribution in [-0.2, 0) is 0 Å². The molecule has 0 bridgehead atoms. The molecule has 2 N–H and O–H groups in total. The molecule has 1 aromatic rings. The van der Waals surface area contributed by atoms with Crippen LogP contribution in [0.5, 0.6) is 0 Å². The summed E-state index contributed by atoms with van der Waals surface area (Å²) in [6, 6.07) is 5.91. The van der Waals surface area contributed by atoms with Gasteiger partial charge in [0.05, 0.1) is 5.56 Å². The first-order valence-corrected chi connectivity index (χ1v) is 4.67. The number of pyridine rings is 1. The van der Waals surface area contributed by atoms with Crippen molar-refractivity contribution in [2.45, 2.75) is 12.5 Å². The summed E-state index contributed by atoms with van der Waals surface area (Å²) in [6.07, 6.45) is 2.68. The summed E-state index contributed by atoms with van der Waals surface area (Å²) >= 11 is 0. The van der Waals surface area contributed by atoms with Gasteiger partial charge in [0.15, 0.2) is 0 Å². The quantitative estimate of drug-likeness (QED) is 0.696. The summed E-state index contributed by atoms with van der Waals surface area (Å²) in [6.45, 7) is 1.69. The third-order valence-electron chi connectivity index (χ3n) is 2.43. The summed E-state index contributed by atoms with van der Waals surface area (Å²) in [5.74, 6) is 0.767. The second-order valence-corrected chi connectivity index (χ2v) is 3.48. The molecular weight excluding hydrogens is 176 g/mol. The SMILES string of the molecule is N#Cc1cccnc1N1CC[C@H](N)C1. The van der Waals surface area contributed by atoms with Gasteiger partial charge in [-0.15, -0.1) is 0 Å². The maximum atomic E-state index is 8.90. The average Bonchev–Trinajstić information content (AvgIpc) is 2.65. The highest BCUT2D eigenvalue weighted by molar-refractivity contribution is 5.54. The van der Waals surface area contributed by atoms with Crippen molar-refractivity contribution in [3.63, 3.8) is 0 Å². The molecule has 1 aliphatic heterocycles. The second kappa shape index (κ2) is 3.64. The molecule has 1 atom stereocenters. The Labute approximate surface area is 83.0 Å². The highest BCUT2D eigenvalue weighted by Crippen LogP contribution is 2.20. The summed E-state index contributed by atoms with van der Waals surface area (Å²) in [5, 5.41) is 8.90. The zero-order valence-corrected chi connectivity index (χ0v) is 7.85. The van der Waals surface area contributed by atoms with E-state index < -0.39 is 0 Å². The molecule has 4 nitrogen and oxygen atoms in total. The molecule has 1 aromatic heterocycles. The Balaban J connectivity index is 2.28. The van der Waals surface area contributed by atoms with Crippen molar-refractivity contribution in [3.8, 4) is 6.07 Å². The van der Waals surface area contributed by atoms with Gasteiger partial charge < -0.3 is 10.6 Å². The lowest BCUT2D eigenvalue weighted by molar-refractivity contribution is 0.751. The molecule has 72 valence electrons. The topological polar surface area (TPSA) is 65.9 Å². The molecule has 0 unspecified atom stereocenters. The van der Waals surface area contributed by atoms with Gasteiger partial charge in [0.1, 0.15) is 11.9 Å². The molecule has 1 saturated heterocycles. The number of hydrogen-bond donors (Lipinski definition) is 1. The highest BCUT2D eigenvalue weighted by Gasteiger charge is 2.21. The lowest BCUT2D eigenvalue weighted by Gasteiger charge is -2.17. The molecule has 1 aliphatic rings. The minimum Gasteiger partial charge on any atom is -0.354 e. The van der Waals surface area contributed by atoms with Crippen LogP contribution in [0.1, 0.15) is 12.0 Å². The minimum atomic E-state index is 0.212. The van der Waals surface area contributed by atoms with Gasteiger partial charge in [-0.25, -0.2) is 4.98 Å². The Morgan fingerprint density at radius 3 is 3.14 bits per heavy atom. The second-order valence-electron chi connectivity index (χ2n) is 3.48. The number of rotatable bonds is 1. The van der Waals surface area contributed by atoms with E-state index >= 15 is 0 Å². The van der Waals surface area contributed by atoms with E-state index in [2.05, 4.69) is 16.0 Å². The Morgan fingerprint density at radius 2 is 2.50 bits per heavy atom. The molecule has 2 heterocycles. The number of nitriles is 1. The van der Waals surface area contributed by atoms with Crippen LogP contribution in [-0.4, -0.2) is 24.1 Å². The standard InChI is InChI=1S/C10H12N4/c11-6-8-2-1-4-13-10(8)14-5-3-9(12)7-14/h1-2,4,9H,3,5,7,12H2/t9-/m0/s1. The van der Waals surface area contributed by atoms with E-state index in [1.807, 2.05) is 0 Å². The fraction of sp³-hybridized carbons (Fsp3) is 0.400. The first-order valence-electron chi connectivity index (χ1n) is 4.67. The molecule has 4 heteroatoms. The Bertz CT molecular complexity index is 369. The van der Waals surface area contributed by atoms with Gasteiger partial charge in [-0.3, -0.25) is 0 Å². The number of nitrogens with two attached hydrogens (primary N) is 1. The summed E-state index contributed by atoms with van der Waals surface area (Å²) in [4.78, 5) is 6.29. The fourth-order valence-electron chi connectivity index (χ4n) is 1.72. The van der Waals surface area contributed by atoms with Crippen molar-refractivity contribution >= 4 is 5.82 Å². The van der Waals surface area contributed by atoms with Crippen molar-refractivity contribution in [2.24, 2.45) is 5.73 Å². The van der Waals surface area contributed by atoms with E-state index in [4.69, 9.17) is 11.0 Å². The van der Waals surface area contributed by atoms with Crippen LogP contribution in [0.25, 0.3) is 0 Å². The van der Waals surface area contributed by atoms with Gasteiger partial charge in [-0.05, 0) is 18.6 Å². The van der Waals surface area contributed by atoms with Gasteiger partial charge in [0.2, 0.25) is 0 Å². The molecular formula is C10H12N4. The normalized spacial score (nSPS) is 20.9. The average molecular weight is 188 g/mol. The van der Waals surface area contributed by atoms with Crippen molar-refractivity contribution in [3.05, 3.63) is 23.9 Å². The maximum absolute atomic E-state index is 8.90. The summed E-state index contributed by atoms with van der Waals surface area (Å²) in [5.41, 5.74) is 6.43. The van der Waals surface area contributed by atoms with Crippen molar-refractivity contribution in [1.82, 2.24) is 4.98 Å². The van der Waals surface area contributed by atoms with Gasteiger partial charge >= 0.3 is 0 Å². The molecule has 0 aromatic carbocycles. The number of anilines is 1. The van der Waals surface area contributed by atoms with E-state index in [1.54, 1.807) is 18.3 Å². The van der Waals surface area contributed by atoms with Crippen LogP contribution in [0.15, 0.2) is 18.3 Å². The largest absolute Gasteiger partial charge is 0.354 e. The minimum absolute atomic E-state index is 0.212. The van der Waals surface area contributed by atoms with Crippen molar-refractivity contribution in [1.29, 1.82) is 5.26 Å². The zero-order valence-electron chi connectivity index (χ0n) is 7.85. The highest BCUT2D eigenvalue weighted by atomic mass is 15.2. The Morgan fingerprint density at radius 1 is 1.64 bits per heavy atom. The molecule has 2 rings (SSSR count). The number of nitrogens with zero attached hydrogens (tertiary/aromatic N) is 3. The molecule has 0 aliphatic carbocycles. The fourth-order valence-corrected chi connectivity index (χ4v) is 1.72. The van der Waals surface area contributed by atoms with Crippen LogP contribution in [0.4, 0.5) is 5.82 Å².